The van der Waals surface area contributed by atoms with Crippen molar-refractivity contribution < 1.29 is 14.7 Å². The molecule has 6 rings (SSSR count). The average Bonchev–Trinajstić information content (AvgIpc) is 3.71. The molecule has 0 saturated heterocycles. The van der Waals surface area contributed by atoms with E-state index < -0.39 is 21.8 Å². The molecule has 0 aliphatic rings. The van der Waals surface area contributed by atoms with Crippen LogP contribution in [0.4, 0.5) is 0 Å². The Hall–Kier alpha value is -3.06. The minimum atomic E-state index is -1.92. The number of hydrogen-bond acceptors (Lipinski definition) is 3. The molecule has 0 atom stereocenters. The van der Waals surface area contributed by atoms with E-state index in [-0.39, 0.29) is 0 Å². The van der Waals surface area contributed by atoms with E-state index in [1.165, 1.54) is 66.8 Å². The van der Waals surface area contributed by atoms with Crippen LogP contribution in [-0.4, -0.2) is 36.2 Å². The molecule has 0 N–H and O–H groups in total. The molecular formula is C36H39BCl3N6Ti. The second kappa shape index (κ2) is 14.6. The summed E-state index contributed by atoms with van der Waals surface area (Å²) in [4.78, 5) is 0. The summed E-state index contributed by atoms with van der Waals surface area (Å²) < 4.78 is 6.01. The summed E-state index contributed by atoms with van der Waals surface area (Å²) in [5, 5.41) is 15.3. The van der Waals surface area contributed by atoms with Crippen molar-refractivity contribution in [1.29, 1.82) is 0 Å². The number of rotatable bonds is 6. The summed E-state index contributed by atoms with van der Waals surface area (Å²) in [6, 6.07) is 19.6. The first-order valence-electron chi connectivity index (χ1n) is 15.5. The van der Waals surface area contributed by atoms with Crippen LogP contribution in [0.15, 0.2) is 73.2 Å². The topological polar surface area (TPSA) is 53.5 Å². The van der Waals surface area contributed by atoms with Gasteiger partial charge in [-0.3, -0.25) is 0 Å². The van der Waals surface area contributed by atoms with Gasteiger partial charge in [-0.25, -0.2) is 15.3 Å². The van der Waals surface area contributed by atoms with Gasteiger partial charge in [0.15, 0.2) is 0 Å². The van der Waals surface area contributed by atoms with Crippen molar-refractivity contribution >= 4 is 35.0 Å². The summed E-state index contributed by atoms with van der Waals surface area (Å²) in [5.74, 6) is 0. The second-order valence-electron chi connectivity index (χ2n) is 12.4. The van der Waals surface area contributed by atoms with E-state index in [1.807, 2.05) is 32.4 Å². The van der Waals surface area contributed by atoms with Gasteiger partial charge in [0, 0.05) is 28.6 Å². The van der Waals surface area contributed by atoms with Gasteiger partial charge in [0.25, 0.3) is 7.12 Å². The van der Waals surface area contributed by atoms with Crippen LogP contribution in [0.2, 0.25) is 0 Å². The predicted molar refractivity (Wildman–Crippen MR) is 195 cm³/mol. The minimum absolute atomic E-state index is 0.454. The number of benzene rings is 3. The zero-order valence-corrected chi connectivity index (χ0v) is 32.2. The Morgan fingerprint density at radius 1 is 0.532 bits per heavy atom. The van der Waals surface area contributed by atoms with Crippen LogP contribution in [0, 0.1) is 62.3 Å². The first-order chi connectivity index (χ1) is 22.2. The fourth-order valence-electron chi connectivity index (χ4n) is 6.99. The maximum atomic E-state index is 5.18. The molecule has 11 heteroatoms. The van der Waals surface area contributed by atoms with E-state index in [9.17, 15) is 0 Å². The van der Waals surface area contributed by atoms with Gasteiger partial charge in [-0.2, -0.15) is 0 Å². The molecule has 6 nitrogen and oxygen atoms in total. The van der Waals surface area contributed by atoms with Crippen molar-refractivity contribution in [3.8, 4) is 33.8 Å². The second-order valence-corrected chi connectivity index (χ2v) is 20.1. The van der Waals surface area contributed by atoms with Gasteiger partial charge < -0.3 is 13.8 Å². The number of nitrogens with zero attached hydrogens (tertiary/aromatic N) is 6. The van der Waals surface area contributed by atoms with Crippen LogP contribution < -0.4 is 0 Å². The molecule has 0 aliphatic heterocycles. The van der Waals surface area contributed by atoms with E-state index in [0.29, 0.717) is 0 Å². The quantitative estimate of drug-likeness (QED) is 0.161. The first-order valence-corrected chi connectivity index (χ1v) is 21.9. The van der Waals surface area contributed by atoms with E-state index in [4.69, 9.17) is 43.2 Å². The Kier molecular flexibility index (Phi) is 10.9. The summed E-state index contributed by atoms with van der Waals surface area (Å²) in [5.41, 5.74) is 17.5. The summed E-state index contributed by atoms with van der Waals surface area (Å²) in [6.07, 6.45) is 5.96. The molecule has 3 aromatic carbocycles. The van der Waals surface area contributed by atoms with Crippen molar-refractivity contribution in [2.24, 2.45) is 0 Å². The zero-order chi connectivity index (χ0) is 34.2. The number of aromatic nitrogens is 6. The SMILES string of the molecule is Cc1cc(C)c(-c2ccn([B-](n3ccc(-c4c(C)cc(C)cc4C)n3)n3nccc3-c3c(C)cc(C)cc3C)n2)c(C)c1.[Cl][Ti+]([Cl])[Cl]. The monoisotopic (exact) mass is 719 g/mol. The molecular weight excluding hydrogens is 681 g/mol. The van der Waals surface area contributed by atoms with E-state index in [2.05, 4.69) is 117 Å². The van der Waals surface area contributed by atoms with Crippen LogP contribution >= 0.6 is 27.9 Å². The van der Waals surface area contributed by atoms with Gasteiger partial charge in [-0.15, -0.1) is 0 Å². The van der Waals surface area contributed by atoms with E-state index >= 15 is 0 Å². The molecule has 6 aromatic rings. The third kappa shape index (κ3) is 7.66. The molecule has 3 heterocycles. The van der Waals surface area contributed by atoms with Gasteiger partial charge in [-0.05, 0) is 126 Å². The molecule has 47 heavy (non-hydrogen) atoms. The Morgan fingerprint density at radius 2 is 0.872 bits per heavy atom. The predicted octanol–water partition coefficient (Wildman–Crippen LogP) is 10.0. The van der Waals surface area contributed by atoms with Gasteiger partial charge in [-0.1, -0.05) is 53.1 Å². The van der Waals surface area contributed by atoms with Gasteiger partial charge in [0.1, 0.15) is 0 Å². The molecule has 0 fully saturated rings. The number of hydrogen-bond donors (Lipinski definition) is 0. The first kappa shape index (κ1) is 35.3. The Labute approximate surface area is 296 Å². The Morgan fingerprint density at radius 3 is 1.23 bits per heavy atom. The Balaban J connectivity index is 0.00000103. The van der Waals surface area contributed by atoms with Crippen LogP contribution in [-0.2, 0) is 14.7 Å². The van der Waals surface area contributed by atoms with Crippen molar-refractivity contribution in [3.05, 3.63) is 123 Å². The van der Waals surface area contributed by atoms with E-state index in [1.54, 1.807) is 0 Å². The van der Waals surface area contributed by atoms with Crippen molar-refractivity contribution in [1.82, 2.24) is 29.1 Å². The van der Waals surface area contributed by atoms with Crippen molar-refractivity contribution in [3.63, 3.8) is 0 Å². The maximum absolute atomic E-state index is 5.18. The molecule has 0 bridgehead atoms. The molecule has 1 radical (unpaired) electrons. The number of halogens is 3. The third-order valence-corrected chi connectivity index (χ3v) is 8.38. The molecule has 0 unspecified atom stereocenters. The zero-order valence-electron chi connectivity index (χ0n) is 28.3. The van der Waals surface area contributed by atoms with Crippen LogP contribution in [0.5, 0.6) is 0 Å². The summed E-state index contributed by atoms with van der Waals surface area (Å²) in [6.45, 7) is 19.4. The molecule has 0 aliphatic carbocycles. The normalized spacial score (nSPS) is 11.2. The number of aryl methyl sites for hydroxylation is 9. The van der Waals surface area contributed by atoms with E-state index in [0.717, 1.165) is 17.1 Å². The third-order valence-electron chi connectivity index (χ3n) is 8.38. The fourth-order valence-corrected chi connectivity index (χ4v) is 6.99. The van der Waals surface area contributed by atoms with Crippen LogP contribution in [0.1, 0.15) is 50.1 Å². The van der Waals surface area contributed by atoms with Crippen LogP contribution in [0.25, 0.3) is 33.8 Å². The average molecular weight is 721 g/mol. The molecule has 0 amide bonds. The molecule has 241 valence electrons. The standard InChI is InChI=1S/C36H39BN6.3ClH.Ti/c1-22-16-25(4)34(26(5)17-22)31-11-14-41(39-31)37(42-15-12-32(40-42)35-27(6)18-23(2)19-28(35)7)43-33(10-13-38-43)36-29(8)20-24(3)21-30(36)9;;;;/h10-21H,1-9H3;3*1H;/q-1;;;;+4/p-3. The van der Waals surface area contributed by atoms with Gasteiger partial charge in [0.05, 0.1) is 11.4 Å². The van der Waals surface area contributed by atoms with Crippen molar-refractivity contribution in [2.45, 2.75) is 62.3 Å². The summed E-state index contributed by atoms with van der Waals surface area (Å²) >= 11 is -1.92. The van der Waals surface area contributed by atoms with Gasteiger partial charge >= 0.3 is 42.6 Å². The summed E-state index contributed by atoms with van der Waals surface area (Å²) in [7, 11) is 14.5. The van der Waals surface area contributed by atoms with Crippen molar-refractivity contribution in [2.75, 3.05) is 0 Å². The van der Waals surface area contributed by atoms with Gasteiger partial charge in [0.2, 0.25) is 0 Å². The van der Waals surface area contributed by atoms with Crippen LogP contribution in [0.3, 0.4) is 0 Å². The molecule has 0 spiro atoms. The molecule has 0 saturated carbocycles. The Bertz CT molecular complexity index is 1890. The molecule has 3 aromatic heterocycles. The fraction of sp³-hybridized carbons (Fsp3) is 0.250.